The Balaban J connectivity index is 0.000000652. The lowest BCUT2D eigenvalue weighted by atomic mass is 9.90. The minimum Gasteiger partial charge on any atom is -0.481 e. The van der Waals surface area contributed by atoms with Gasteiger partial charge < -0.3 is 26.2 Å². The largest absolute Gasteiger partial charge is 0.481 e. The van der Waals surface area contributed by atoms with Crippen molar-refractivity contribution in [1.29, 1.82) is 0 Å². The van der Waals surface area contributed by atoms with Crippen LogP contribution in [0.5, 0.6) is 0 Å². The van der Waals surface area contributed by atoms with E-state index in [1.54, 1.807) is 12.1 Å². The van der Waals surface area contributed by atoms with Gasteiger partial charge in [0.1, 0.15) is 11.9 Å². The van der Waals surface area contributed by atoms with Crippen LogP contribution in [-0.2, 0) is 28.9 Å². The van der Waals surface area contributed by atoms with Crippen molar-refractivity contribution in [3.8, 4) is 0 Å². The maximum Gasteiger partial charge on any atom is 0.323 e. The molecule has 0 heterocycles. The fraction of sp³-hybridized carbons (Fsp3) is 0.448. The van der Waals surface area contributed by atoms with Crippen molar-refractivity contribution in [2.24, 2.45) is 11.7 Å². The Labute approximate surface area is 250 Å². The van der Waals surface area contributed by atoms with Gasteiger partial charge in [-0.3, -0.25) is 9.59 Å². The van der Waals surface area contributed by atoms with E-state index in [0.717, 1.165) is 24.0 Å². The topological polar surface area (TPSA) is 150 Å². The normalized spacial score (nSPS) is 13.1. The van der Waals surface area contributed by atoms with Gasteiger partial charge in [0, 0.05) is 0 Å². The number of aliphatic hydroxyl groups is 2. The minimum atomic E-state index is -1.18. The number of carbonyl (C=O) groups is 2. The van der Waals surface area contributed by atoms with E-state index in [1.165, 1.54) is 26.0 Å². The fourth-order valence-corrected chi connectivity index (χ4v) is 4.12. The Bertz CT molecular complexity index is 1260. The van der Waals surface area contributed by atoms with Crippen molar-refractivity contribution in [1.82, 2.24) is 0 Å². The van der Waals surface area contributed by atoms with E-state index in [1.807, 2.05) is 13.8 Å². The molecule has 224 valence electrons. The molecular weight excluding hydrogens is 576 g/mol. The second-order valence-electron chi connectivity index (χ2n) is 9.11. The molecule has 2 rings (SSSR count). The molecule has 0 unspecified atom stereocenters. The third-order valence-electron chi connectivity index (χ3n) is 5.87. The first-order chi connectivity index (χ1) is 19.2. The van der Waals surface area contributed by atoms with Crippen molar-refractivity contribution in [3.63, 3.8) is 0 Å². The lowest BCUT2D eigenvalue weighted by Crippen LogP contribution is -2.39. The summed E-state index contributed by atoms with van der Waals surface area (Å²) in [6, 6.07) is 4.89. The predicted molar refractivity (Wildman–Crippen MR) is 157 cm³/mol. The van der Waals surface area contributed by atoms with Gasteiger partial charge in [-0.15, -0.1) is 0 Å². The molecule has 0 spiro atoms. The van der Waals surface area contributed by atoms with Crippen LogP contribution in [0.3, 0.4) is 0 Å². The summed E-state index contributed by atoms with van der Waals surface area (Å²) in [7, 11) is 0. The first-order valence-electron chi connectivity index (χ1n) is 12.8. The number of rotatable bonds is 10. The van der Waals surface area contributed by atoms with Crippen LogP contribution in [0.25, 0.3) is 9.69 Å². The molecule has 2 aromatic rings. The highest BCUT2D eigenvalue weighted by Gasteiger charge is 2.25. The van der Waals surface area contributed by atoms with Gasteiger partial charge in [-0.25, -0.2) is 14.1 Å². The average Bonchev–Trinajstić information content (AvgIpc) is 2.91. The summed E-state index contributed by atoms with van der Waals surface area (Å²) in [6.45, 7) is 20.6. The molecule has 9 nitrogen and oxygen atoms in total. The fourth-order valence-electron chi connectivity index (χ4n) is 3.50. The van der Waals surface area contributed by atoms with Crippen LogP contribution in [0.15, 0.2) is 24.3 Å². The van der Waals surface area contributed by atoms with Gasteiger partial charge in [0.15, 0.2) is 0 Å². The van der Waals surface area contributed by atoms with E-state index in [9.17, 15) is 19.1 Å². The van der Waals surface area contributed by atoms with Gasteiger partial charge in [0.2, 0.25) is 11.4 Å². The Morgan fingerprint density at radius 1 is 0.878 bits per heavy atom. The maximum atomic E-state index is 13.2. The first kappa shape index (κ1) is 37.8. The molecule has 4 atom stereocenters. The van der Waals surface area contributed by atoms with E-state index in [0.29, 0.717) is 34.8 Å². The number of hydrogen-bond acceptors (Lipinski definition) is 5. The van der Waals surface area contributed by atoms with E-state index in [4.69, 9.17) is 57.4 Å². The van der Waals surface area contributed by atoms with E-state index in [2.05, 4.69) is 9.69 Å². The Morgan fingerprint density at radius 3 is 1.71 bits per heavy atom. The molecule has 0 amide bonds. The van der Waals surface area contributed by atoms with Crippen molar-refractivity contribution in [2.45, 2.75) is 78.0 Å². The van der Waals surface area contributed by atoms with Gasteiger partial charge in [-0.05, 0) is 55.9 Å². The zero-order valence-electron chi connectivity index (χ0n) is 23.4. The molecule has 0 bridgehead atoms. The number of hydrogen-bond donors (Lipinski definition) is 5. The Morgan fingerprint density at radius 2 is 1.34 bits per heavy atom. The molecule has 0 aliphatic carbocycles. The van der Waals surface area contributed by atoms with Crippen molar-refractivity contribution in [2.75, 3.05) is 0 Å². The quantitative estimate of drug-likeness (QED) is 0.200. The number of carboxylic acid groups (broad SMARTS) is 2. The van der Waals surface area contributed by atoms with Gasteiger partial charge >= 0.3 is 11.9 Å². The van der Waals surface area contributed by atoms with Crippen molar-refractivity contribution < 1.29 is 34.4 Å². The molecule has 12 heteroatoms. The zero-order valence-corrected chi connectivity index (χ0v) is 24.9. The van der Waals surface area contributed by atoms with E-state index >= 15 is 0 Å². The van der Waals surface area contributed by atoms with E-state index < -0.39 is 36.1 Å². The number of aliphatic hydroxyl groups excluding tert-OH is 2. The molecule has 0 aliphatic heterocycles. The highest BCUT2D eigenvalue weighted by Crippen LogP contribution is 2.34. The molecule has 0 saturated heterocycles. The van der Waals surface area contributed by atoms with Crippen LogP contribution in [0.1, 0.15) is 57.2 Å². The standard InChI is InChI=1S/C15H18ClNO3.C10H9ClFN.C4H9NO3/c1-4-5-11-10(6-7-13(17-3)14(11)16)8-12(9(2)18)15(19)20;1-3-4-7-8(12)5-6-9(13-2)10(7)11;1-2(6)3(5)4(7)8/h6-7,9,12,18H,4-5,8H2,1-2H3,(H,19,20);5-6H,3-4H2,1H3;2-3,6H,5H2,1H3,(H,7,8)/t9-,12+;;2-,3+/m0.0/s1. The van der Waals surface area contributed by atoms with Crippen LogP contribution in [-0.4, -0.2) is 50.6 Å². The number of nitrogens with zero attached hydrogens (tertiary/aromatic N) is 2. The third kappa shape index (κ3) is 12.0. The monoisotopic (exact) mass is 611 g/mol. The van der Waals surface area contributed by atoms with Gasteiger partial charge in [0.05, 0.1) is 41.3 Å². The second-order valence-corrected chi connectivity index (χ2v) is 9.87. The van der Waals surface area contributed by atoms with E-state index in [-0.39, 0.29) is 17.3 Å². The van der Waals surface area contributed by atoms with Gasteiger partial charge in [0.25, 0.3) is 0 Å². The molecule has 2 aromatic carbocycles. The summed E-state index contributed by atoms with van der Waals surface area (Å²) < 4.78 is 13.2. The zero-order chi connectivity index (χ0) is 31.9. The number of carboxylic acids is 2. The smallest absolute Gasteiger partial charge is 0.323 e. The summed E-state index contributed by atoms with van der Waals surface area (Å²) in [5.74, 6) is -3.41. The number of aliphatic carboxylic acids is 2. The van der Waals surface area contributed by atoms with Crippen LogP contribution in [0.4, 0.5) is 15.8 Å². The van der Waals surface area contributed by atoms with Crippen LogP contribution in [0.2, 0.25) is 10.0 Å². The van der Waals surface area contributed by atoms with Gasteiger partial charge in [-0.2, -0.15) is 0 Å². The maximum absolute atomic E-state index is 13.2. The number of nitrogens with two attached hydrogens (primary N) is 1. The summed E-state index contributed by atoms with van der Waals surface area (Å²) in [6.07, 6.45) is 1.21. The molecule has 0 saturated carbocycles. The second kappa shape index (κ2) is 19.0. The number of benzene rings is 2. The SMILES string of the molecule is C[C@H](O)[C@@H](N)C(=O)O.[C-]#[N+]c1ccc(C[C@@H](C(=O)O)[C@H](C)O)c(CCC)c1Cl.[C-]#[N+]c1ccc(F)c(CCC)c1Cl. The lowest BCUT2D eigenvalue weighted by molar-refractivity contribution is -0.145. The Hall–Kier alpha value is -3.25. The van der Waals surface area contributed by atoms with Crippen LogP contribution < -0.4 is 5.73 Å². The molecule has 0 radical (unpaired) electrons. The average molecular weight is 613 g/mol. The Kier molecular flexibility index (Phi) is 17.5. The molecule has 41 heavy (non-hydrogen) atoms. The molecular formula is C29H36Cl2FN3O6. The summed E-state index contributed by atoms with van der Waals surface area (Å²) in [5.41, 5.74) is 7.67. The lowest BCUT2D eigenvalue weighted by Gasteiger charge is -2.18. The molecule has 6 N–H and O–H groups in total. The van der Waals surface area contributed by atoms with Crippen LogP contribution >= 0.6 is 23.2 Å². The summed E-state index contributed by atoms with van der Waals surface area (Å²) in [5, 5.41) is 35.9. The highest BCUT2D eigenvalue weighted by molar-refractivity contribution is 6.34. The summed E-state index contributed by atoms with van der Waals surface area (Å²) >= 11 is 12.1. The molecule has 0 aromatic heterocycles. The van der Waals surface area contributed by atoms with Crippen molar-refractivity contribution >= 4 is 46.5 Å². The van der Waals surface area contributed by atoms with Crippen molar-refractivity contribution in [3.05, 3.63) is 79.7 Å². The summed E-state index contributed by atoms with van der Waals surface area (Å²) in [4.78, 5) is 27.6. The van der Waals surface area contributed by atoms with Crippen LogP contribution in [0, 0.1) is 24.9 Å². The van der Waals surface area contributed by atoms with Gasteiger partial charge in [-0.1, -0.05) is 68.1 Å². The highest BCUT2D eigenvalue weighted by atomic mass is 35.5. The first-order valence-corrected chi connectivity index (χ1v) is 13.5. The third-order valence-corrected chi connectivity index (χ3v) is 6.71. The number of halogens is 3. The molecule has 0 fully saturated rings. The minimum absolute atomic E-state index is 0.209. The predicted octanol–water partition coefficient (Wildman–Crippen LogP) is 6.23. The molecule has 0 aliphatic rings.